The molecule has 0 bridgehead atoms. The Labute approximate surface area is 114 Å². The fraction of sp³-hybridized carbons (Fsp3) is 0.600. The lowest BCUT2D eigenvalue weighted by molar-refractivity contribution is 0.140. The molecule has 0 aliphatic heterocycles. The molecular formula is C15H22ClNO. The molecule has 18 heavy (non-hydrogen) atoms. The van der Waals surface area contributed by atoms with Crippen molar-refractivity contribution < 1.29 is 5.11 Å². The van der Waals surface area contributed by atoms with Crippen LogP contribution in [0.2, 0.25) is 5.02 Å². The van der Waals surface area contributed by atoms with E-state index in [0.29, 0.717) is 6.54 Å². The molecule has 2 rings (SSSR count). The third-order valence-electron chi connectivity index (χ3n) is 3.73. The van der Waals surface area contributed by atoms with Crippen LogP contribution in [0.5, 0.6) is 0 Å². The summed E-state index contributed by atoms with van der Waals surface area (Å²) in [6, 6.07) is 7.82. The van der Waals surface area contributed by atoms with Crippen LogP contribution in [0.3, 0.4) is 0 Å². The van der Waals surface area contributed by atoms with Gasteiger partial charge in [-0.05, 0) is 24.0 Å². The molecule has 0 radical (unpaired) electrons. The highest BCUT2D eigenvalue weighted by atomic mass is 35.5. The lowest BCUT2D eigenvalue weighted by atomic mass is 10.00. The van der Waals surface area contributed by atoms with E-state index in [-0.39, 0.29) is 6.10 Å². The van der Waals surface area contributed by atoms with Gasteiger partial charge in [-0.15, -0.1) is 0 Å². The van der Waals surface area contributed by atoms with E-state index in [2.05, 4.69) is 5.32 Å². The van der Waals surface area contributed by atoms with Gasteiger partial charge in [0.05, 0.1) is 6.10 Å². The van der Waals surface area contributed by atoms with E-state index < -0.39 is 0 Å². The molecule has 100 valence electrons. The highest BCUT2D eigenvalue weighted by Crippen LogP contribution is 2.28. The number of halogens is 1. The van der Waals surface area contributed by atoms with Crippen LogP contribution >= 0.6 is 11.6 Å². The molecule has 1 fully saturated rings. The smallest absolute Gasteiger partial charge is 0.0667 e. The molecule has 0 amide bonds. The van der Waals surface area contributed by atoms with Crippen LogP contribution in [0.15, 0.2) is 24.3 Å². The van der Waals surface area contributed by atoms with Gasteiger partial charge in [0, 0.05) is 18.1 Å². The van der Waals surface area contributed by atoms with E-state index in [1.54, 1.807) is 0 Å². The Morgan fingerprint density at radius 3 is 2.72 bits per heavy atom. The second kappa shape index (κ2) is 7.13. The summed E-state index contributed by atoms with van der Waals surface area (Å²) in [7, 11) is 0. The average molecular weight is 268 g/mol. The minimum absolute atomic E-state index is 0.226. The van der Waals surface area contributed by atoms with Gasteiger partial charge in [0.1, 0.15) is 0 Å². The van der Waals surface area contributed by atoms with E-state index in [0.717, 1.165) is 29.5 Å². The Bertz CT molecular complexity index is 363. The number of aliphatic hydroxyl groups is 1. The van der Waals surface area contributed by atoms with Crippen molar-refractivity contribution in [1.82, 2.24) is 5.32 Å². The normalized spacial score (nSPS) is 18.1. The third kappa shape index (κ3) is 4.27. The summed E-state index contributed by atoms with van der Waals surface area (Å²) in [5.41, 5.74) is 1.09. The summed E-state index contributed by atoms with van der Waals surface area (Å²) in [6.07, 6.45) is 5.98. The third-order valence-corrected chi connectivity index (χ3v) is 4.10. The van der Waals surface area contributed by atoms with Crippen LogP contribution in [0.1, 0.15) is 37.7 Å². The molecule has 1 aromatic rings. The molecule has 0 heterocycles. The Hall–Kier alpha value is -0.570. The second-order valence-electron chi connectivity index (χ2n) is 5.26. The summed E-state index contributed by atoms with van der Waals surface area (Å²) in [5.74, 6) is 0.738. The maximum Gasteiger partial charge on any atom is 0.0667 e. The first-order valence-electron chi connectivity index (χ1n) is 6.88. The largest absolute Gasteiger partial charge is 0.392 e. The first-order valence-corrected chi connectivity index (χ1v) is 7.25. The molecule has 1 atom stereocenters. The zero-order chi connectivity index (χ0) is 12.8. The quantitative estimate of drug-likeness (QED) is 0.828. The molecule has 2 N–H and O–H groups in total. The first kappa shape index (κ1) is 13.9. The van der Waals surface area contributed by atoms with E-state index >= 15 is 0 Å². The monoisotopic (exact) mass is 267 g/mol. The van der Waals surface area contributed by atoms with E-state index in [1.807, 2.05) is 24.3 Å². The van der Waals surface area contributed by atoms with Gasteiger partial charge in [0.25, 0.3) is 0 Å². The molecule has 1 saturated carbocycles. The van der Waals surface area contributed by atoms with Gasteiger partial charge < -0.3 is 10.4 Å². The van der Waals surface area contributed by atoms with Crippen molar-refractivity contribution in [3.8, 4) is 0 Å². The van der Waals surface area contributed by atoms with Crippen LogP contribution in [0, 0.1) is 5.92 Å². The fourth-order valence-electron chi connectivity index (χ4n) is 2.73. The van der Waals surface area contributed by atoms with Crippen LogP contribution < -0.4 is 5.32 Å². The van der Waals surface area contributed by atoms with Gasteiger partial charge in [-0.1, -0.05) is 55.5 Å². The SMILES string of the molecule is OC(CNCc1ccccc1Cl)CC1CCCC1. The topological polar surface area (TPSA) is 32.3 Å². The highest BCUT2D eigenvalue weighted by molar-refractivity contribution is 6.31. The van der Waals surface area contributed by atoms with Crippen molar-refractivity contribution in [1.29, 1.82) is 0 Å². The number of aliphatic hydroxyl groups excluding tert-OH is 1. The van der Waals surface area contributed by atoms with Crippen molar-refractivity contribution in [2.24, 2.45) is 5.92 Å². The predicted molar refractivity (Wildman–Crippen MR) is 75.7 cm³/mol. The molecule has 0 spiro atoms. The zero-order valence-electron chi connectivity index (χ0n) is 10.7. The van der Waals surface area contributed by atoms with Gasteiger partial charge in [-0.3, -0.25) is 0 Å². The number of hydrogen-bond donors (Lipinski definition) is 2. The maximum absolute atomic E-state index is 9.96. The Morgan fingerprint density at radius 2 is 2.00 bits per heavy atom. The molecular weight excluding hydrogens is 246 g/mol. The van der Waals surface area contributed by atoms with Crippen LogP contribution in [0.4, 0.5) is 0 Å². The lowest BCUT2D eigenvalue weighted by Gasteiger charge is -2.16. The molecule has 1 aromatic carbocycles. The van der Waals surface area contributed by atoms with Gasteiger partial charge in [0.15, 0.2) is 0 Å². The van der Waals surface area contributed by atoms with Crippen LogP contribution in [-0.2, 0) is 6.54 Å². The molecule has 1 aliphatic carbocycles. The lowest BCUT2D eigenvalue weighted by Crippen LogP contribution is -2.28. The minimum Gasteiger partial charge on any atom is -0.392 e. The number of nitrogens with one attached hydrogen (secondary N) is 1. The van der Waals surface area contributed by atoms with Gasteiger partial charge >= 0.3 is 0 Å². The highest BCUT2D eigenvalue weighted by Gasteiger charge is 2.18. The van der Waals surface area contributed by atoms with Crippen molar-refractivity contribution in [3.05, 3.63) is 34.9 Å². The number of rotatable bonds is 6. The van der Waals surface area contributed by atoms with Crippen molar-refractivity contribution >= 4 is 11.6 Å². The first-order chi connectivity index (χ1) is 8.75. The minimum atomic E-state index is -0.226. The van der Waals surface area contributed by atoms with E-state index in [9.17, 15) is 5.11 Å². The van der Waals surface area contributed by atoms with E-state index in [1.165, 1.54) is 25.7 Å². The van der Waals surface area contributed by atoms with Crippen molar-refractivity contribution in [3.63, 3.8) is 0 Å². The number of hydrogen-bond acceptors (Lipinski definition) is 2. The number of benzene rings is 1. The summed E-state index contributed by atoms with van der Waals surface area (Å²) in [4.78, 5) is 0. The Balaban J connectivity index is 1.67. The van der Waals surface area contributed by atoms with E-state index in [4.69, 9.17) is 11.6 Å². The standard InChI is InChI=1S/C15H22ClNO/c16-15-8-4-3-7-13(15)10-17-11-14(18)9-12-5-1-2-6-12/h3-4,7-8,12,14,17-18H,1-2,5-6,9-11H2. The summed E-state index contributed by atoms with van der Waals surface area (Å²) < 4.78 is 0. The Kier molecular flexibility index (Phi) is 5.48. The summed E-state index contributed by atoms with van der Waals surface area (Å²) in [5, 5.41) is 14.0. The average Bonchev–Trinajstić information content (AvgIpc) is 2.84. The zero-order valence-corrected chi connectivity index (χ0v) is 11.5. The van der Waals surface area contributed by atoms with Gasteiger partial charge in [0.2, 0.25) is 0 Å². The molecule has 3 heteroatoms. The molecule has 1 aliphatic rings. The van der Waals surface area contributed by atoms with Crippen molar-refractivity contribution in [2.45, 2.75) is 44.8 Å². The van der Waals surface area contributed by atoms with Crippen LogP contribution in [-0.4, -0.2) is 17.8 Å². The molecule has 2 nitrogen and oxygen atoms in total. The predicted octanol–water partition coefficient (Wildman–Crippen LogP) is 3.37. The van der Waals surface area contributed by atoms with Gasteiger partial charge in [-0.25, -0.2) is 0 Å². The summed E-state index contributed by atoms with van der Waals surface area (Å²) in [6.45, 7) is 1.38. The van der Waals surface area contributed by atoms with Crippen molar-refractivity contribution in [2.75, 3.05) is 6.54 Å². The fourth-order valence-corrected chi connectivity index (χ4v) is 2.93. The second-order valence-corrected chi connectivity index (χ2v) is 5.67. The van der Waals surface area contributed by atoms with Gasteiger partial charge in [-0.2, -0.15) is 0 Å². The maximum atomic E-state index is 9.96. The summed E-state index contributed by atoms with van der Waals surface area (Å²) >= 11 is 6.07. The molecule has 1 unspecified atom stereocenters. The Morgan fingerprint density at radius 1 is 1.28 bits per heavy atom. The molecule has 0 saturated heterocycles. The van der Waals surface area contributed by atoms with Crippen LogP contribution in [0.25, 0.3) is 0 Å². The molecule has 0 aromatic heterocycles.